The lowest BCUT2D eigenvalue weighted by molar-refractivity contribution is 0.698. The summed E-state index contributed by atoms with van der Waals surface area (Å²) in [5.74, 6) is 0. The first kappa shape index (κ1) is 14.8. The minimum absolute atomic E-state index is 0.486. The highest BCUT2D eigenvalue weighted by Crippen LogP contribution is 2.51. The van der Waals surface area contributed by atoms with E-state index >= 15 is 0 Å². The Hall–Kier alpha value is -2.75. The largest absolute Gasteiger partial charge is 0.301 e. The molecule has 0 bridgehead atoms. The third-order valence-electron chi connectivity index (χ3n) is 4.14. The molecule has 0 aliphatic heterocycles. The number of thiazole rings is 1. The predicted molar refractivity (Wildman–Crippen MR) is 102 cm³/mol. The van der Waals surface area contributed by atoms with Crippen LogP contribution in [0.1, 0.15) is 0 Å². The second kappa shape index (κ2) is 6.40. The first-order valence-electron chi connectivity index (χ1n) is 7.88. The first-order valence-corrected chi connectivity index (χ1v) is 8.76. The molecule has 0 unspecified atom stereocenters. The molecule has 0 atom stereocenters. The van der Waals surface area contributed by atoms with Gasteiger partial charge in [-0.3, -0.25) is 0 Å². The van der Waals surface area contributed by atoms with E-state index in [2.05, 4.69) is 91.0 Å². The molecule has 1 heterocycles. The number of para-hydroxylation sites is 3. The van der Waals surface area contributed by atoms with Gasteiger partial charge < -0.3 is 0 Å². The molecule has 0 N–H and O–H groups in total. The second-order valence-corrected chi connectivity index (χ2v) is 6.37. The smallest absolute Gasteiger partial charge is 0.193 e. The van der Waals surface area contributed by atoms with Gasteiger partial charge in [0.2, 0.25) is 0 Å². The molecule has 24 heavy (non-hydrogen) atoms. The lowest BCUT2D eigenvalue weighted by Crippen LogP contribution is -2.32. The molecule has 0 radical (unpaired) electrons. The molecular weight excluding hydrogens is 312 g/mol. The standard InChI is InChI=1S/C21H17N2S/c1-4-10-18(11-5-1)23(21-22-16-17-24-21,19-12-6-2-7-13-19)20-14-8-3-9-15-20/h1-17H/q+1. The summed E-state index contributed by atoms with van der Waals surface area (Å²) in [6, 6.07) is 31.7. The molecule has 2 nitrogen and oxygen atoms in total. The number of benzene rings is 3. The summed E-state index contributed by atoms with van der Waals surface area (Å²) in [6.45, 7) is 0. The lowest BCUT2D eigenvalue weighted by atomic mass is 10.1. The van der Waals surface area contributed by atoms with Crippen LogP contribution in [0.4, 0.5) is 22.2 Å². The summed E-state index contributed by atoms with van der Waals surface area (Å²) in [6.07, 6.45) is 1.88. The van der Waals surface area contributed by atoms with E-state index in [4.69, 9.17) is 4.98 Å². The number of aromatic nitrogens is 1. The molecule has 116 valence electrons. The molecule has 0 saturated heterocycles. The Labute approximate surface area is 145 Å². The maximum absolute atomic E-state index is 4.71. The Kier molecular flexibility index (Phi) is 3.95. The van der Waals surface area contributed by atoms with E-state index < -0.39 is 0 Å². The van der Waals surface area contributed by atoms with E-state index in [0.717, 1.165) is 5.13 Å². The van der Waals surface area contributed by atoms with E-state index in [9.17, 15) is 0 Å². The first-order chi connectivity index (χ1) is 11.9. The summed E-state index contributed by atoms with van der Waals surface area (Å²) in [7, 11) is 0. The van der Waals surface area contributed by atoms with Crippen molar-refractivity contribution in [2.45, 2.75) is 0 Å². The SMILES string of the molecule is c1ccc([N+](c2ccccc2)(c2ccccc2)c2nccs2)cc1. The van der Waals surface area contributed by atoms with Crippen LogP contribution < -0.4 is 4.48 Å². The molecule has 3 heteroatoms. The van der Waals surface area contributed by atoms with Crippen molar-refractivity contribution in [1.29, 1.82) is 0 Å². The average molecular weight is 329 g/mol. The van der Waals surface area contributed by atoms with E-state index in [1.165, 1.54) is 17.1 Å². The summed E-state index contributed by atoms with van der Waals surface area (Å²) >= 11 is 1.68. The Balaban J connectivity index is 2.12. The zero-order chi connectivity index (χ0) is 16.2. The van der Waals surface area contributed by atoms with Crippen LogP contribution in [0, 0.1) is 0 Å². The van der Waals surface area contributed by atoms with Crippen LogP contribution in [0.5, 0.6) is 0 Å². The van der Waals surface area contributed by atoms with Crippen molar-refractivity contribution < 1.29 is 0 Å². The average Bonchev–Trinajstić information content (AvgIpc) is 3.20. The maximum atomic E-state index is 4.71. The molecular formula is C21H17N2S+. The molecule has 0 aliphatic rings. The summed E-state index contributed by atoms with van der Waals surface area (Å²) < 4.78 is 0.486. The molecule has 0 fully saturated rings. The third kappa shape index (κ3) is 2.35. The number of rotatable bonds is 4. The van der Waals surface area contributed by atoms with Crippen LogP contribution in [0.2, 0.25) is 0 Å². The number of hydrogen-bond donors (Lipinski definition) is 0. The molecule has 0 amide bonds. The van der Waals surface area contributed by atoms with Gasteiger partial charge >= 0.3 is 5.13 Å². The van der Waals surface area contributed by atoms with Crippen molar-refractivity contribution in [3.05, 3.63) is 103 Å². The van der Waals surface area contributed by atoms with Crippen molar-refractivity contribution in [3.8, 4) is 0 Å². The van der Waals surface area contributed by atoms with Gasteiger partial charge in [-0.2, -0.15) is 9.47 Å². The summed E-state index contributed by atoms with van der Waals surface area (Å²) in [4.78, 5) is 4.71. The van der Waals surface area contributed by atoms with E-state index in [-0.39, 0.29) is 0 Å². The summed E-state index contributed by atoms with van der Waals surface area (Å²) in [5.41, 5.74) is 3.51. The fourth-order valence-electron chi connectivity index (χ4n) is 3.11. The van der Waals surface area contributed by atoms with Gasteiger partial charge in [-0.25, -0.2) is 0 Å². The highest BCUT2D eigenvalue weighted by molar-refractivity contribution is 7.13. The lowest BCUT2D eigenvalue weighted by Gasteiger charge is -2.34. The van der Waals surface area contributed by atoms with Crippen molar-refractivity contribution in [2.24, 2.45) is 0 Å². The minimum atomic E-state index is 0.486. The van der Waals surface area contributed by atoms with E-state index in [1.54, 1.807) is 11.3 Å². The van der Waals surface area contributed by atoms with Gasteiger partial charge in [0.1, 0.15) is 17.1 Å². The van der Waals surface area contributed by atoms with Crippen LogP contribution in [-0.2, 0) is 0 Å². The number of quaternary nitrogens is 1. The molecule has 1 aromatic heterocycles. The number of hydrogen-bond acceptors (Lipinski definition) is 2. The Morgan fingerprint density at radius 2 is 1.00 bits per heavy atom. The topological polar surface area (TPSA) is 12.9 Å². The Morgan fingerprint density at radius 3 is 1.33 bits per heavy atom. The van der Waals surface area contributed by atoms with Crippen LogP contribution in [0.15, 0.2) is 103 Å². The maximum Gasteiger partial charge on any atom is 0.301 e. The third-order valence-corrected chi connectivity index (χ3v) is 4.98. The molecule has 4 rings (SSSR count). The Bertz CT molecular complexity index is 792. The van der Waals surface area contributed by atoms with Crippen molar-refractivity contribution in [3.63, 3.8) is 0 Å². The monoisotopic (exact) mass is 329 g/mol. The Morgan fingerprint density at radius 1 is 0.583 bits per heavy atom. The van der Waals surface area contributed by atoms with Crippen LogP contribution in [-0.4, -0.2) is 4.98 Å². The van der Waals surface area contributed by atoms with Crippen LogP contribution in [0.25, 0.3) is 0 Å². The van der Waals surface area contributed by atoms with Gasteiger partial charge in [-0.05, 0) is 0 Å². The zero-order valence-corrected chi connectivity index (χ0v) is 13.9. The van der Waals surface area contributed by atoms with E-state index in [1.807, 2.05) is 11.6 Å². The van der Waals surface area contributed by atoms with Crippen molar-refractivity contribution in [1.82, 2.24) is 9.47 Å². The van der Waals surface area contributed by atoms with Gasteiger partial charge in [0.15, 0.2) is 0 Å². The van der Waals surface area contributed by atoms with E-state index in [0.29, 0.717) is 4.48 Å². The van der Waals surface area contributed by atoms with Crippen LogP contribution >= 0.6 is 11.3 Å². The fourth-order valence-corrected chi connectivity index (χ4v) is 3.95. The van der Waals surface area contributed by atoms with Gasteiger partial charge in [-0.15, -0.1) is 0 Å². The highest BCUT2D eigenvalue weighted by Gasteiger charge is 2.41. The molecule has 0 aliphatic carbocycles. The zero-order valence-electron chi connectivity index (χ0n) is 13.1. The fraction of sp³-hybridized carbons (Fsp3) is 0. The molecule has 0 spiro atoms. The quantitative estimate of drug-likeness (QED) is 0.392. The predicted octanol–water partition coefficient (Wildman–Crippen LogP) is 6.45. The number of nitrogens with zero attached hydrogens (tertiary/aromatic N) is 2. The minimum Gasteiger partial charge on any atom is -0.193 e. The van der Waals surface area contributed by atoms with Gasteiger partial charge in [0.05, 0.1) is 0 Å². The van der Waals surface area contributed by atoms with Crippen molar-refractivity contribution in [2.75, 3.05) is 0 Å². The second-order valence-electron chi connectivity index (χ2n) is 5.49. The van der Waals surface area contributed by atoms with Gasteiger partial charge in [-0.1, -0.05) is 65.9 Å². The summed E-state index contributed by atoms with van der Waals surface area (Å²) in [5, 5.41) is 3.07. The normalized spacial score (nSPS) is 11.3. The molecule has 0 saturated carbocycles. The van der Waals surface area contributed by atoms with Crippen molar-refractivity contribution >= 4 is 33.5 Å². The molecule has 3 aromatic carbocycles. The highest BCUT2D eigenvalue weighted by atomic mass is 32.1. The van der Waals surface area contributed by atoms with Gasteiger partial charge in [0.25, 0.3) is 0 Å². The van der Waals surface area contributed by atoms with Crippen LogP contribution in [0.3, 0.4) is 0 Å². The molecule has 4 aromatic rings. The van der Waals surface area contributed by atoms with Gasteiger partial charge in [0, 0.05) is 48.0 Å².